The molecule has 0 heterocycles. The number of benzene rings is 1. The van der Waals surface area contributed by atoms with Crippen molar-refractivity contribution in [3.8, 4) is 11.8 Å². The highest BCUT2D eigenvalue weighted by Crippen LogP contribution is 2.06. The molecule has 0 atom stereocenters. The van der Waals surface area contributed by atoms with E-state index in [0.29, 0.717) is 0 Å². The van der Waals surface area contributed by atoms with Crippen LogP contribution in [0, 0.1) is 11.8 Å². The van der Waals surface area contributed by atoms with E-state index in [9.17, 15) is 0 Å². The molecule has 0 saturated carbocycles. The third-order valence-corrected chi connectivity index (χ3v) is 2.66. The fourth-order valence-corrected chi connectivity index (χ4v) is 1.68. The maximum absolute atomic E-state index is 5.00. The summed E-state index contributed by atoms with van der Waals surface area (Å²) in [6, 6.07) is 10.2. The van der Waals surface area contributed by atoms with Crippen LogP contribution >= 0.6 is 0 Å². The van der Waals surface area contributed by atoms with Gasteiger partial charge in [0.25, 0.3) is 0 Å². The molecule has 0 amide bonds. The van der Waals surface area contributed by atoms with Gasteiger partial charge in [0.15, 0.2) is 0 Å². The van der Waals surface area contributed by atoms with Gasteiger partial charge in [-0.2, -0.15) is 0 Å². The molecule has 0 spiro atoms. The second kappa shape index (κ2) is 9.04. The quantitative estimate of drug-likeness (QED) is 0.455. The van der Waals surface area contributed by atoms with Crippen LogP contribution in [0.2, 0.25) is 0 Å². The lowest BCUT2D eigenvalue weighted by molar-refractivity contribution is 0.614. The summed E-state index contributed by atoms with van der Waals surface area (Å²) in [5.74, 6) is 6.44. The van der Waals surface area contributed by atoms with Gasteiger partial charge in [-0.1, -0.05) is 69.1 Å². The summed E-state index contributed by atoms with van der Waals surface area (Å²) in [6.07, 6.45) is 9.11. The van der Waals surface area contributed by atoms with Crippen LogP contribution in [0.25, 0.3) is 0 Å². The fourth-order valence-electron chi connectivity index (χ4n) is 1.68. The van der Waals surface area contributed by atoms with E-state index in [0.717, 1.165) is 12.0 Å². The molecule has 0 aliphatic heterocycles. The van der Waals surface area contributed by atoms with Crippen molar-refractivity contribution in [3.05, 3.63) is 35.9 Å². The minimum atomic E-state index is 0. The largest absolute Gasteiger partial charge is 0.0979 e. The SMILES string of the molecule is CCCCCCCCC#Cc1ccccc1.[3HH].[3H][3H]. The maximum atomic E-state index is 5.00. The van der Waals surface area contributed by atoms with E-state index < -0.39 is 0 Å². The van der Waals surface area contributed by atoms with E-state index in [-0.39, 0.29) is 1.43 Å². The van der Waals surface area contributed by atoms with Crippen LogP contribution in [0.5, 0.6) is 0 Å². The van der Waals surface area contributed by atoms with Crippen molar-refractivity contribution in [2.75, 3.05) is 0 Å². The summed E-state index contributed by atoms with van der Waals surface area (Å²) in [4.78, 5) is 0. The van der Waals surface area contributed by atoms with Crippen molar-refractivity contribution in [1.82, 2.24) is 0 Å². The summed E-state index contributed by atoms with van der Waals surface area (Å²) in [6.45, 7) is 2.26. The molecular formula is C16H26. The Hall–Kier alpha value is -1.22. The minimum Gasteiger partial charge on any atom is -0.0979 e. The standard InChI is InChI=1S/C16H22.2H2/c1-2-3-4-5-6-7-8-10-13-16-14-11-9-12-15-16;;/h9,11-12,14-15H,2-8H2,1H3;2*1H/i;1+2T;1+2. The topological polar surface area (TPSA) is 0 Å². The Bertz CT molecular complexity index is 325. The highest BCUT2D eigenvalue weighted by atomic mass is 13.9. The fraction of sp³-hybridized carbons (Fsp3) is 0.500. The average Bonchev–Trinajstić information content (AvgIpc) is 2.45. The van der Waals surface area contributed by atoms with Crippen molar-refractivity contribution >= 4 is 0 Å². The number of hydrogen-bond acceptors (Lipinski definition) is 0. The Morgan fingerprint density at radius 1 is 1.00 bits per heavy atom. The lowest BCUT2D eigenvalue weighted by Crippen LogP contribution is -1.78. The molecule has 1 aromatic carbocycles. The molecule has 0 aliphatic rings. The second-order valence-electron chi connectivity index (χ2n) is 4.19. The number of rotatable bonds is 6. The van der Waals surface area contributed by atoms with Crippen LogP contribution in [0.1, 0.15) is 61.8 Å². The summed E-state index contributed by atoms with van der Waals surface area (Å²) in [7, 11) is 0. The summed E-state index contributed by atoms with van der Waals surface area (Å²) >= 11 is 0. The third kappa shape index (κ3) is 6.30. The molecule has 1 aromatic rings. The lowest BCUT2D eigenvalue weighted by atomic mass is 10.1. The zero-order chi connectivity index (χ0) is 13.5. The summed E-state index contributed by atoms with van der Waals surface area (Å²) in [5.41, 5.74) is 1.13. The average molecular weight is 224 g/mol. The van der Waals surface area contributed by atoms with Crippen LogP contribution in [0.4, 0.5) is 0 Å². The van der Waals surface area contributed by atoms with E-state index in [1.165, 1.54) is 38.5 Å². The normalized spacial score (nSPS) is 10.1. The van der Waals surface area contributed by atoms with Crippen molar-refractivity contribution < 1.29 is 4.40 Å². The first kappa shape index (κ1) is 11.3. The number of unbranched alkanes of at least 4 members (excludes halogenated alkanes) is 6. The van der Waals surface area contributed by atoms with Gasteiger partial charge >= 0.3 is 0 Å². The molecule has 0 aromatic heterocycles. The molecule has 0 heteroatoms. The Labute approximate surface area is 105 Å². The van der Waals surface area contributed by atoms with Gasteiger partial charge in [-0.05, 0) is 18.6 Å². The van der Waals surface area contributed by atoms with Gasteiger partial charge in [0, 0.05) is 16.4 Å². The molecule has 0 fully saturated rings. The van der Waals surface area contributed by atoms with Crippen LogP contribution < -0.4 is 0 Å². The zero-order valence-corrected chi connectivity index (χ0v) is 10.3. The summed E-state index contributed by atoms with van der Waals surface area (Å²) in [5, 5.41) is 0. The molecule has 0 aliphatic carbocycles. The van der Waals surface area contributed by atoms with Crippen molar-refractivity contribution in [3.63, 3.8) is 0 Å². The predicted molar refractivity (Wildman–Crippen MR) is 75.5 cm³/mol. The van der Waals surface area contributed by atoms with Gasteiger partial charge in [-0.15, -0.1) is 0 Å². The maximum Gasteiger partial charge on any atom is 0.0245 e. The van der Waals surface area contributed by atoms with Crippen LogP contribution in [0.3, 0.4) is 0 Å². The number of hydrogen-bond donors (Lipinski definition) is 0. The Morgan fingerprint density at radius 3 is 2.44 bits per heavy atom. The molecule has 1 rings (SSSR count). The predicted octanol–water partition coefficient (Wildman–Crippen LogP) is 5.28. The van der Waals surface area contributed by atoms with Gasteiger partial charge in [0.1, 0.15) is 0 Å². The Morgan fingerprint density at radius 2 is 1.69 bits per heavy atom. The lowest BCUT2D eigenvalue weighted by Gasteiger charge is -1.96. The van der Waals surface area contributed by atoms with Gasteiger partial charge in [-0.3, -0.25) is 0 Å². The molecule has 0 nitrogen and oxygen atoms in total. The van der Waals surface area contributed by atoms with Crippen LogP contribution in [-0.2, 0) is 0 Å². The molecule has 0 unspecified atom stereocenters. The zero-order valence-electron chi connectivity index (χ0n) is 12.3. The summed E-state index contributed by atoms with van der Waals surface area (Å²) < 4.78 is 10.0. The van der Waals surface area contributed by atoms with Crippen molar-refractivity contribution in [1.29, 1.82) is 0 Å². The van der Waals surface area contributed by atoms with Gasteiger partial charge in [0.2, 0.25) is 0 Å². The smallest absolute Gasteiger partial charge is 0.0245 e. The first-order valence-electron chi connectivity index (χ1n) is 7.47. The Kier molecular flexibility index (Phi) is 6.37. The monoisotopic (exact) mass is 224 g/mol. The molecular weight excluding hydrogens is 192 g/mol. The van der Waals surface area contributed by atoms with Gasteiger partial charge in [-0.25, -0.2) is 0 Å². The Balaban J connectivity index is 0. The second-order valence-corrected chi connectivity index (χ2v) is 4.19. The van der Waals surface area contributed by atoms with E-state index >= 15 is 0 Å². The molecule has 16 heavy (non-hydrogen) atoms. The van der Waals surface area contributed by atoms with E-state index in [2.05, 4.69) is 30.9 Å². The highest BCUT2D eigenvalue weighted by molar-refractivity contribution is 5.33. The molecule has 90 valence electrons. The molecule has 0 radical (unpaired) electrons. The third-order valence-electron chi connectivity index (χ3n) is 2.66. The molecule has 0 saturated heterocycles. The first-order chi connectivity index (χ1) is 8.93. The molecule has 0 N–H and O–H groups in total. The first-order valence-corrected chi connectivity index (χ1v) is 6.47. The van der Waals surface area contributed by atoms with Crippen molar-refractivity contribution in [2.45, 2.75) is 51.9 Å². The van der Waals surface area contributed by atoms with E-state index in [1.807, 2.05) is 18.2 Å². The van der Waals surface area contributed by atoms with Gasteiger partial charge in [0.05, 0.1) is 0 Å². The van der Waals surface area contributed by atoms with E-state index in [1.54, 1.807) is 0 Å². The van der Waals surface area contributed by atoms with Crippen LogP contribution in [-0.4, -0.2) is 0 Å². The van der Waals surface area contributed by atoms with Crippen LogP contribution in [0.15, 0.2) is 30.3 Å². The van der Waals surface area contributed by atoms with Crippen molar-refractivity contribution in [2.24, 2.45) is 0 Å². The van der Waals surface area contributed by atoms with Gasteiger partial charge < -0.3 is 0 Å². The highest BCUT2D eigenvalue weighted by Gasteiger charge is 1.88. The minimum absolute atomic E-state index is 0. The molecule has 0 bridgehead atoms. The van der Waals surface area contributed by atoms with E-state index in [4.69, 9.17) is 2.97 Å².